The largest absolute Gasteiger partial charge is 0.313 e. The Labute approximate surface area is 112 Å². The molecule has 1 N–H and O–H groups in total. The van der Waals surface area contributed by atoms with Gasteiger partial charge in [-0.2, -0.15) is 5.26 Å². The molecule has 0 aliphatic rings. The molecular formula is C15H16N2S. The van der Waals surface area contributed by atoms with Crippen molar-refractivity contribution in [1.82, 2.24) is 5.32 Å². The molecule has 92 valence electrons. The van der Waals surface area contributed by atoms with Gasteiger partial charge in [0, 0.05) is 10.9 Å². The number of rotatable bonds is 4. The molecule has 1 atom stereocenters. The van der Waals surface area contributed by atoms with Crippen LogP contribution in [-0.4, -0.2) is 7.05 Å². The minimum atomic E-state index is 0.389. The van der Waals surface area contributed by atoms with E-state index in [0.29, 0.717) is 6.04 Å². The van der Waals surface area contributed by atoms with E-state index < -0.39 is 0 Å². The van der Waals surface area contributed by atoms with Gasteiger partial charge >= 0.3 is 0 Å². The maximum Gasteiger partial charge on any atom is 0.110 e. The summed E-state index contributed by atoms with van der Waals surface area (Å²) < 4.78 is 0. The first-order valence-electron chi connectivity index (χ1n) is 6.06. The van der Waals surface area contributed by atoms with Gasteiger partial charge in [-0.3, -0.25) is 0 Å². The molecule has 0 saturated carbocycles. The Morgan fingerprint density at radius 3 is 2.78 bits per heavy atom. The maximum absolute atomic E-state index is 8.87. The molecule has 0 aliphatic carbocycles. The number of nitrogens with one attached hydrogen (secondary N) is 1. The first-order valence-corrected chi connectivity index (χ1v) is 6.87. The smallest absolute Gasteiger partial charge is 0.110 e. The van der Waals surface area contributed by atoms with Crippen molar-refractivity contribution < 1.29 is 0 Å². The van der Waals surface area contributed by atoms with Crippen LogP contribution in [0, 0.1) is 11.3 Å². The third-order valence-electron chi connectivity index (χ3n) is 3.05. The Bertz CT molecular complexity index is 562. The lowest BCUT2D eigenvalue weighted by Crippen LogP contribution is -2.14. The highest BCUT2D eigenvalue weighted by molar-refractivity contribution is 7.16. The number of nitriles is 1. The fourth-order valence-electron chi connectivity index (χ4n) is 2.07. The summed E-state index contributed by atoms with van der Waals surface area (Å²) in [5, 5.41) is 12.2. The summed E-state index contributed by atoms with van der Waals surface area (Å²) in [6.07, 6.45) is 1.06. The molecule has 0 fully saturated rings. The quantitative estimate of drug-likeness (QED) is 0.898. The van der Waals surface area contributed by atoms with Gasteiger partial charge in [-0.1, -0.05) is 25.1 Å². The van der Waals surface area contributed by atoms with Crippen molar-refractivity contribution >= 4 is 11.3 Å². The molecule has 0 radical (unpaired) electrons. The molecule has 0 aliphatic heterocycles. The molecule has 0 amide bonds. The molecule has 0 bridgehead atoms. The molecule has 0 spiro atoms. The molecule has 2 rings (SSSR count). The molecule has 1 aromatic heterocycles. The Morgan fingerprint density at radius 2 is 2.17 bits per heavy atom. The Hall–Kier alpha value is -1.63. The van der Waals surface area contributed by atoms with E-state index in [1.165, 1.54) is 11.1 Å². The van der Waals surface area contributed by atoms with Crippen LogP contribution in [0.25, 0.3) is 10.4 Å². The molecule has 1 heterocycles. The van der Waals surface area contributed by atoms with Crippen LogP contribution in [0.2, 0.25) is 0 Å². The van der Waals surface area contributed by atoms with Crippen molar-refractivity contribution in [1.29, 1.82) is 5.26 Å². The van der Waals surface area contributed by atoms with Crippen LogP contribution in [0.5, 0.6) is 0 Å². The summed E-state index contributed by atoms with van der Waals surface area (Å²) in [4.78, 5) is 1.91. The monoisotopic (exact) mass is 256 g/mol. The first-order chi connectivity index (χ1) is 8.78. The summed E-state index contributed by atoms with van der Waals surface area (Å²) in [6.45, 7) is 2.17. The minimum absolute atomic E-state index is 0.389. The first kappa shape index (κ1) is 12.8. The summed E-state index contributed by atoms with van der Waals surface area (Å²) in [6, 6.07) is 15.0. The highest BCUT2D eigenvalue weighted by Gasteiger charge is 2.08. The fourth-order valence-corrected chi connectivity index (χ4v) is 2.87. The lowest BCUT2D eigenvalue weighted by Gasteiger charge is -2.14. The standard InChI is InChI=1S/C15H16N2S/c1-3-14(17-2)11-5-4-6-12(9-11)15-8-7-13(10-16)18-15/h4-9,14,17H,3H2,1-2H3. The van der Waals surface area contributed by atoms with Crippen molar-refractivity contribution in [3.05, 3.63) is 46.8 Å². The molecular weight excluding hydrogens is 240 g/mol. The van der Waals surface area contributed by atoms with Crippen molar-refractivity contribution in [3.8, 4) is 16.5 Å². The van der Waals surface area contributed by atoms with Crippen molar-refractivity contribution in [2.45, 2.75) is 19.4 Å². The van der Waals surface area contributed by atoms with Crippen LogP contribution in [0.3, 0.4) is 0 Å². The van der Waals surface area contributed by atoms with Crippen LogP contribution < -0.4 is 5.32 Å². The minimum Gasteiger partial charge on any atom is -0.313 e. The predicted octanol–water partition coefficient (Wildman–Crippen LogP) is 3.96. The highest BCUT2D eigenvalue weighted by Crippen LogP contribution is 2.29. The second kappa shape index (κ2) is 5.81. The number of hydrogen-bond acceptors (Lipinski definition) is 3. The van der Waals surface area contributed by atoms with Gasteiger partial charge in [-0.25, -0.2) is 0 Å². The van der Waals surface area contributed by atoms with Crippen molar-refractivity contribution in [2.24, 2.45) is 0 Å². The van der Waals surface area contributed by atoms with E-state index in [0.717, 1.165) is 16.2 Å². The molecule has 0 saturated heterocycles. The Kier molecular flexibility index (Phi) is 4.14. The number of thiophene rings is 1. The second-order valence-corrected chi connectivity index (χ2v) is 5.23. The topological polar surface area (TPSA) is 35.8 Å². The lowest BCUT2D eigenvalue weighted by molar-refractivity contribution is 0.577. The normalized spacial score (nSPS) is 12.1. The van der Waals surface area contributed by atoms with Crippen LogP contribution in [0.4, 0.5) is 0 Å². The summed E-state index contributed by atoms with van der Waals surface area (Å²) in [7, 11) is 1.99. The molecule has 2 aromatic rings. The van der Waals surface area contributed by atoms with Gasteiger partial charge in [0.1, 0.15) is 10.9 Å². The van der Waals surface area contributed by atoms with E-state index in [1.807, 2.05) is 19.2 Å². The van der Waals surface area contributed by atoms with Crippen LogP contribution >= 0.6 is 11.3 Å². The molecule has 1 unspecified atom stereocenters. The van der Waals surface area contributed by atoms with E-state index in [-0.39, 0.29) is 0 Å². The van der Waals surface area contributed by atoms with E-state index in [1.54, 1.807) is 11.3 Å². The van der Waals surface area contributed by atoms with Gasteiger partial charge in [-0.15, -0.1) is 11.3 Å². The number of benzene rings is 1. The van der Waals surface area contributed by atoms with E-state index in [2.05, 4.69) is 42.6 Å². The molecule has 2 nitrogen and oxygen atoms in total. The van der Waals surface area contributed by atoms with Crippen molar-refractivity contribution in [3.63, 3.8) is 0 Å². The number of hydrogen-bond donors (Lipinski definition) is 1. The zero-order valence-electron chi connectivity index (χ0n) is 10.6. The fraction of sp³-hybridized carbons (Fsp3) is 0.267. The van der Waals surface area contributed by atoms with Gasteiger partial charge in [0.05, 0.1) is 0 Å². The second-order valence-electron chi connectivity index (χ2n) is 4.15. The summed E-state index contributed by atoms with van der Waals surface area (Å²) >= 11 is 1.54. The van der Waals surface area contributed by atoms with Gasteiger partial charge in [-0.05, 0) is 42.8 Å². The van der Waals surface area contributed by atoms with Gasteiger partial charge in [0.25, 0.3) is 0 Å². The van der Waals surface area contributed by atoms with Crippen LogP contribution in [0.1, 0.15) is 29.8 Å². The highest BCUT2D eigenvalue weighted by atomic mass is 32.1. The van der Waals surface area contributed by atoms with E-state index >= 15 is 0 Å². The van der Waals surface area contributed by atoms with Crippen molar-refractivity contribution in [2.75, 3.05) is 7.05 Å². The maximum atomic E-state index is 8.87. The number of nitrogens with zero attached hydrogens (tertiary/aromatic N) is 1. The Balaban J connectivity index is 2.35. The van der Waals surface area contributed by atoms with Crippen LogP contribution in [0.15, 0.2) is 36.4 Å². The zero-order chi connectivity index (χ0) is 13.0. The SMILES string of the molecule is CCC(NC)c1cccc(-c2ccc(C#N)s2)c1. The molecule has 18 heavy (non-hydrogen) atoms. The average Bonchev–Trinajstić information content (AvgIpc) is 2.89. The van der Waals surface area contributed by atoms with Gasteiger partial charge in [0.2, 0.25) is 0 Å². The Morgan fingerprint density at radius 1 is 1.33 bits per heavy atom. The molecule has 3 heteroatoms. The third-order valence-corrected chi connectivity index (χ3v) is 4.09. The van der Waals surface area contributed by atoms with E-state index in [9.17, 15) is 0 Å². The summed E-state index contributed by atoms with van der Waals surface area (Å²) in [5.74, 6) is 0. The predicted molar refractivity (Wildman–Crippen MR) is 76.6 cm³/mol. The molecule has 1 aromatic carbocycles. The zero-order valence-corrected chi connectivity index (χ0v) is 11.4. The third kappa shape index (κ3) is 2.61. The van der Waals surface area contributed by atoms with Gasteiger partial charge in [0.15, 0.2) is 0 Å². The van der Waals surface area contributed by atoms with Gasteiger partial charge < -0.3 is 5.32 Å². The van der Waals surface area contributed by atoms with Crippen LogP contribution in [-0.2, 0) is 0 Å². The van der Waals surface area contributed by atoms with E-state index in [4.69, 9.17) is 5.26 Å². The lowest BCUT2D eigenvalue weighted by atomic mass is 10.0. The summed E-state index contributed by atoms with van der Waals surface area (Å²) in [5.41, 5.74) is 2.48. The average molecular weight is 256 g/mol.